The number of carbonyl (C=O) groups excluding carboxylic acids is 1. The SMILES string of the molecule is C[C@@H](O)c1cc2cnc(Nc3ccc4c(n3)CCN(C(=O)C3CN(C)C3)C4)nc2c(N2C3CCC2CC3)n1. The van der Waals surface area contributed by atoms with E-state index in [9.17, 15) is 9.90 Å². The summed E-state index contributed by atoms with van der Waals surface area (Å²) >= 11 is 0. The molecule has 0 aliphatic carbocycles. The van der Waals surface area contributed by atoms with Gasteiger partial charge in [-0.1, -0.05) is 6.07 Å². The monoisotopic (exact) mass is 514 g/mol. The maximum Gasteiger partial charge on any atom is 0.229 e. The van der Waals surface area contributed by atoms with E-state index in [2.05, 4.69) is 26.2 Å². The normalized spacial score (nSPS) is 24.0. The van der Waals surface area contributed by atoms with Gasteiger partial charge in [0.15, 0.2) is 5.82 Å². The summed E-state index contributed by atoms with van der Waals surface area (Å²) in [5.74, 6) is 2.42. The van der Waals surface area contributed by atoms with E-state index in [0.29, 0.717) is 42.6 Å². The van der Waals surface area contributed by atoms with Crippen molar-refractivity contribution in [2.24, 2.45) is 5.92 Å². The van der Waals surface area contributed by atoms with Crippen LogP contribution in [0.4, 0.5) is 17.6 Å². The second-order valence-corrected chi connectivity index (χ2v) is 11.4. The summed E-state index contributed by atoms with van der Waals surface area (Å²) in [6.45, 7) is 4.77. The third-order valence-electron chi connectivity index (χ3n) is 8.71. The molecule has 0 saturated carbocycles. The fourth-order valence-corrected chi connectivity index (χ4v) is 6.66. The third-order valence-corrected chi connectivity index (χ3v) is 8.71. The topological polar surface area (TPSA) is 111 Å². The Labute approximate surface area is 222 Å². The Morgan fingerprint density at radius 2 is 1.87 bits per heavy atom. The summed E-state index contributed by atoms with van der Waals surface area (Å²) in [7, 11) is 2.05. The number of anilines is 3. The number of aromatic nitrogens is 4. The molecule has 4 aliphatic heterocycles. The Morgan fingerprint density at radius 1 is 1.11 bits per heavy atom. The molecule has 0 spiro atoms. The van der Waals surface area contributed by atoms with Crippen molar-refractivity contribution < 1.29 is 9.90 Å². The minimum Gasteiger partial charge on any atom is -0.387 e. The summed E-state index contributed by atoms with van der Waals surface area (Å²) in [6.07, 6.45) is 6.62. The van der Waals surface area contributed by atoms with Crippen LogP contribution in [-0.4, -0.2) is 79.5 Å². The molecular formula is C28H34N8O2. The summed E-state index contributed by atoms with van der Waals surface area (Å²) in [4.78, 5) is 38.6. The van der Waals surface area contributed by atoms with Crippen molar-refractivity contribution in [3.05, 3.63) is 41.3 Å². The zero-order valence-corrected chi connectivity index (χ0v) is 22.0. The number of nitrogens with zero attached hydrogens (tertiary/aromatic N) is 7. The van der Waals surface area contributed by atoms with E-state index < -0.39 is 6.10 Å². The van der Waals surface area contributed by atoms with Crippen LogP contribution in [0.3, 0.4) is 0 Å². The highest BCUT2D eigenvalue weighted by Gasteiger charge is 2.41. The fraction of sp³-hybridized carbons (Fsp3) is 0.536. The first-order chi connectivity index (χ1) is 18.4. The number of fused-ring (bicyclic) bond motifs is 4. The van der Waals surface area contributed by atoms with Crippen molar-refractivity contribution >= 4 is 34.4 Å². The van der Waals surface area contributed by atoms with Crippen LogP contribution in [-0.2, 0) is 17.8 Å². The van der Waals surface area contributed by atoms with Crippen molar-refractivity contribution in [1.29, 1.82) is 0 Å². The Kier molecular flexibility index (Phi) is 5.70. The third kappa shape index (κ3) is 4.06. The number of rotatable bonds is 5. The zero-order chi connectivity index (χ0) is 26.0. The number of amides is 1. The standard InChI is InChI=1S/C28H34N8O2/c1-16(37)23-11-18-12-29-28(33-25(18)26(31-23)36-20-4-5-21(36)7-6-20)32-24-8-3-17-15-35(10-9-22(17)30-24)27(38)19-13-34(2)14-19/h3,8,11-12,16,19-21,37H,4-7,9-10,13-15H2,1-2H3,(H,29,30,32,33)/t16-,20?,21?/m1/s1. The number of pyridine rings is 2. The molecule has 38 heavy (non-hydrogen) atoms. The average molecular weight is 515 g/mol. The van der Waals surface area contributed by atoms with Crippen LogP contribution in [0, 0.1) is 5.92 Å². The van der Waals surface area contributed by atoms with Gasteiger partial charge in [-0.15, -0.1) is 0 Å². The summed E-state index contributed by atoms with van der Waals surface area (Å²) in [6, 6.07) is 6.86. The molecule has 3 saturated heterocycles. The van der Waals surface area contributed by atoms with E-state index in [1.54, 1.807) is 13.1 Å². The first-order valence-electron chi connectivity index (χ1n) is 13.8. The lowest BCUT2D eigenvalue weighted by Gasteiger charge is -2.39. The van der Waals surface area contributed by atoms with Crippen molar-refractivity contribution in [2.75, 3.05) is 36.9 Å². The van der Waals surface area contributed by atoms with Crippen LogP contribution in [0.25, 0.3) is 10.9 Å². The second kappa shape index (κ2) is 9.13. The van der Waals surface area contributed by atoms with Crippen LogP contribution in [0.2, 0.25) is 0 Å². The molecule has 198 valence electrons. The van der Waals surface area contributed by atoms with E-state index in [4.69, 9.17) is 15.0 Å². The lowest BCUT2D eigenvalue weighted by atomic mass is 9.97. The molecule has 7 rings (SSSR count). The quantitative estimate of drug-likeness (QED) is 0.531. The van der Waals surface area contributed by atoms with Crippen molar-refractivity contribution in [3.63, 3.8) is 0 Å². The van der Waals surface area contributed by atoms with E-state index in [0.717, 1.165) is 47.5 Å². The van der Waals surface area contributed by atoms with E-state index >= 15 is 0 Å². The largest absolute Gasteiger partial charge is 0.387 e. The van der Waals surface area contributed by atoms with Gasteiger partial charge < -0.3 is 25.1 Å². The Hall–Kier alpha value is -3.37. The van der Waals surface area contributed by atoms with Gasteiger partial charge in [0.2, 0.25) is 11.9 Å². The first-order valence-corrected chi connectivity index (χ1v) is 13.8. The van der Waals surface area contributed by atoms with E-state index in [-0.39, 0.29) is 11.8 Å². The van der Waals surface area contributed by atoms with Crippen molar-refractivity contribution in [2.45, 2.75) is 63.8 Å². The van der Waals surface area contributed by atoms with Crippen LogP contribution in [0.5, 0.6) is 0 Å². The van der Waals surface area contributed by atoms with Crippen LogP contribution < -0.4 is 10.2 Å². The number of likely N-dealkylation sites (tertiary alicyclic amines) is 1. The summed E-state index contributed by atoms with van der Waals surface area (Å²) in [5.41, 5.74) is 3.57. The fourth-order valence-electron chi connectivity index (χ4n) is 6.66. The number of aliphatic hydroxyl groups is 1. The lowest BCUT2D eigenvalue weighted by molar-refractivity contribution is -0.141. The molecule has 0 unspecified atom stereocenters. The number of carbonyl (C=O) groups is 1. The van der Waals surface area contributed by atoms with Crippen molar-refractivity contribution in [1.82, 2.24) is 29.7 Å². The minimum absolute atomic E-state index is 0.132. The van der Waals surface area contributed by atoms with Gasteiger partial charge in [-0.25, -0.2) is 19.9 Å². The molecule has 10 heteroatoms. The predicted octanol–water partition coefficient (Wildman–Crippen LogP) is 2.79. The second-order valence-electron chi connectivity index (χ2n) is 11.4. The molecule has 1 atom stereocenters. The van der Waals surface area contributed by atoms with Gasteiger partial charge in [-0.2, -0.15) is 0 Å². The molecule has 7 heterocycles. The number of nitrogens with one attached hydrogen (secondary N) is 1. The Morgan fingerprint density at radius 3 is 2.58 bits per heavy atom. The van der Waals surface area contributed by atoms with Gasteiger partial charge in [0.25, 0.3) is 0 Å². The molecule has 2 N–H and O–H groups in total. The maximum atomic E-state index is 12.8. The zero-order valence-electron chi connectivity index (χ0n) is 22.0. The molecule has 3 aromatic rings. The first kappa shape index (κ1) is 23.7. The molecule has 10 nitrogen and oxygen atoms in total. The average Bonchev–Trinajstić information content (AvgIpc) is 3.50. The highest BCUT2D eigenvalue weighted by Crippen LogP contribution is 2.42. The van der Waals surface area contributed by atoms with E-state index in [1.165, 1.54) is 25.7 Å². The Bertz CT molecular complexity index is 1390. The Balaban J connectivity index is 1.14. The summed E-state index contributed by atoms with van der Waals surface area (Å²) < 4.78 is 0. The van der Waals surface area contributed by atoms with Gasteiger partial charge in [-0.05, 0) is 57.4 Å². The maximum absolute atomic E-state index is 12.8. The predicted molar refractivity (Wildman–Crippen MR) is 144 cm³/mol. The van der Waals surface area contributed by atoms with Gasteiger partial charge in [0.05, 0.1) is 17.7 Å². The van der Waals surface area contributed by atoms with Crippen molar-refractivity contribution in [3.8, 4) is 0 Å². The molecule has 3 fully saturated rings. The van der Waals surface area contributed by atoms with Gasteiger partial charge in [-0.3, -0.25) is 4.79 Å². The molecule has 1 amide bonds. The van der Waals surface area contributed by atoms with Crippen LogP contribution in [0.1, 0.15) is 55.7 Å². The molecule has 2 bridgehead atoms. The number of aliphatic hydroxyl groups excluding tert-OH is 1. The number of hydrogen-bond donors (Lipinski definition) is 2. The number of hydrogen-bond acceptors (Lipinski definition) is 9. The van der Waals surface area contributed by atoms with E-state index in [1.807, 2.05) is 24.1 Å². The molecule has 0 aromatic carbocycles. The highest BCUT2D eigenvalue weighted by molar-refractivity contribution is 5.90. The van der Waals surface area contributed by atoms with Gasteiger partial charge >= 0.3 is 0 Å². The molecule has 0 radical (unpaired) electrons. The smallest absolute Gasteiger partial charge is 0.229 e. The summed E-state index contributed by atoms with van der Waals surface area (Å²) in [5, 5.41) is 14.5. The van der Waals surface area contributed by atoms with Crippen LogP contribution in [0.15, 0.2) is 24.4 Å². The molecule has 3 aromatic heterocycles. The minimum atomic E-state index is -0.655. The van der Waals surface area contributed by atoms with Gasteiger partial charge in [0.1, 0.15) is 11.3 Å². The lowest BCUT2D eigenvalue weighted by Crippen LogP contribution is -2.53. The van der Waals surface area contributed by atoms with Crippen LogP contribution >= 0.6 is 0 Å². The highest BCUT2D eigenvalue weighted by atomic mass is 16.3. The van der Waals surface area contributed by atoms with Gasteiger partial charge in [0, 0.05) is 62.0 Å². The molecule has 4 aliphatic rings. The molecular weight excluding hydrogens is 480 g/mol.